The predicted molar refractivity (Wildman–Crippen MR) is 94.0 cm³/mol. The van der Waals surface area contributed by atoms with Gasteiger partial charge in [-0.25, -0.2) is 0 Å². The molecule has 1 N–H and O–H groups in total. The molecular weight excluding hydrogens is 318 g/mol. The van der Waals surface area contributed by atoms with Gasteiger partial charge in [0.25, 0.3) is 5.91 Å². The van der Waals surface area contributed by atoms with Crippen LogP contribution in [0.4, 0.5) is 0 Å². The Hall–Kier alpha value is -2.60. The average Bonchev–Trinajstić information content (AvgIpc) is 3.20. The molecule has 1 fully saturated rings. The first-order chi connectivity index (χ1) is 12.2. The summed E-state index contributed by atoms with van der Waals surface area (Å²) >= 11 is 0. The van der Waals surface area contributed by atoms with E-state index in [2.05, 4.69) is 17.4 Å². The summed E-state index contributed by atoms with van der Waals surface area (Å²) in [5.41, 5.74) is 1.21. The second kappa shape index (κ2) is 8.48. The molecule has 132 valence electrons. The van der Waals surface area contributed by atoms with Crippen LogP contribution in [0.2, 0.25) is 0 Å². The number of benzene rings is 1. The van der Waals surface area contributed by atoms with E-state index in [1.807, 2.05) is 23.1 Å². The number of hydrogen-bond acceptors (Lipinski definition) is 4. The fraction of sp³-hybridized carbons (Fsp3) is 0.368. The van der Waals surface area contributed by atoms with Gasteiger partial charge in [0.2, 0.25) is 5.91 Å². The van der Waals surface area contributed by atoms with Gasteiger partial charge in [-0.3, -0.25) is 9.59 Å². The number of carbonyl (C=O) groups excluding carboxylic acids is 2. The molecule has 25 heavy (non-hydrogen) atoms. The average molecular weight is 341 g/mol. The lowest BCUT2D eigenvalue weighted by molar-refractivity contribution is -0.132. The Balaban J connectivity index is 1.36. The fourth-order valence-electron chi connectivity index (χ4n) is 2.90. The highest BCUT2D eigenvalue weighted by atomic mass is 16.3. The molecule has 0 aliphatic carbocycles. The summed E-state index contributed by atoms with van der Waals surface area (Å²) in [5.74, 6) is 0.372. The first-order valence-corrected chi connectivity index (χ1v) is 8.59. The van der Waals surface area contributed by atoms with Crippen molar-refractivity contribution in [1.82, 2.24) is 15.1 Å². The quantitative estimate of drug-likeness (QED) is 0.813. The summed E-state index contributed by atoms with van der Waals surface area (Å²) < 4.78 is 5.14. The second-order valence-corrected chi connectivity index (χ2v) is 6.06. The largest absolute Gasteiger partial charge is 0.459 e. The summed E-state index contributed by atoms with van der Waals surface area (Å²) in [5, 5.41) is 3.29. The number of piperazine rings is 1. The van der Waals surface area contributed by atoms with E-state index in [0.717, 1.165) is 6.54 Å². The van der Waals surface area contributed by atoms with E-state index in [1.54, 1.807) is 17.0 Å². The molecule has 1 aromatic heterocycles. The van der Waals surface area contributed by atoms with Crippen molar-refractivity contribution >= 4 is 11.8 Å². The van der Waals surface area contributed by atoms with Gasteiger partial charge in [-0.2, -0.15) is 0 Å². The molecule has 1 aliphatic rings. The van der Waals surface area contributed by atoms with Gasteiger partial charge >= 0.3 is 0 Å². The Labute approximate surface area is 147 Å². The lowest BCUT2D eigenvalue weighted by Gasteiger charge is -2.34. The lowest BCUT2D eigenvalue weighted by Crippen LogP contribution is -2.50. The molecule has 1 saturated heterocycles. The number of nitrogens with one attached hydrogen (secondary N) is 1. The van der Waals surface area contributed by atoms with Crippen molar-refractivity contribution in [3.05, 3.63) is 60.1 Å². The molecule has 0 bridgehead atoms. The van der Waals surface area contributed by atoms with Crippen LogP contribution < -0.4 is 5.32 Å². The normalized spacial score (nSPS) is 14.6. The Kier molecular flexibility index (Phi) is 5.85. The number of rotatable bonds is 6. The fourth-order valence-corrected chi connectivity index (χ4v) is 2.90. The molecule has 6 heteroatoms. The van der Waals surface area contributed by atoms with E-state index in [-0.39, 0.29) is 11.8 Å². The van der Waals surface area contributed by atoms with E-state index < -0.39 is 0 Å². The highest BCUT2D eigenvalue weighted by Crippen LogP contribution is 2.10. The number of hydrogen-bond donors (Lipinski definition) is 1. The van der Waals surface area contributed by atoms with Crippen LogP contribution in [0.3, 0.4) is 0 Å². The number of amides is 2. The molecule has 1 aliphatic heterocycles. The molecular formula is C19H23N3O3. The van der Waals surface area contributed by atoms with Crippen LogP contribution in [0.1, 0.15) is 22.5 Å². The van der Waals surface area contributed by atoms with Crippen LogP contribution >= 0.6 is 0 Å². The van der Waals surface area contributed by atoms with Crippen LogP contribution in [0.25, 0.3) is 0 Å². The summed E-state index contributed by atoms with van der Waals surface area (Å²) in [4.78, 5) is 28.0. The van der Waals surface area contributed by atoms with E-state index in [9.17, 15) is 9.59 Å². The minimum absolute atomic E-state index is 0.110. The minimum atomic E-state index is -0.110. The monoisotopic (exact) mass is 341 g/mol. The van der Waals surface area contributed by atoms with Crippen molar-refractivity contribution in [2.75, 3.05) is 32.7 Å². The van der Waals surface area contributed by atoms with Crippen LogP contribution in [0, 0.1) is 0 Å². The van der Waals surface area contributed by atoms with Gasteiger partial charge in [-0.15, -0.1) is 0 Å². The van der Waals surface area contributed by atoms with Crippen LogP contribution in [0.15, 0.2) is 53.1 Å². The van der Waals surface area contributed by atoms with Crippen LogP contribution in [0.5, 0.6) is 0 Å². The molecule has 2 amide bonds. The van der Waals surface area contributed by atoms with E-state index in [0.29, 0.717) is 44.9 Å². The first-order valence-electron chi connectivity index (χ1n) is 8.59. The summed E-state index contributed by atoms with van der Waals surface area (Å²) in [6.07, 6.45) is 1.97. The molecule has 0 atom stereocenters. The molecule has 0 spiro atoms. The number of carbonyl (C=O) groups is 2. The zero-order valence-corrected chi connectivity index (χ0v) is 14.2. The standard InChI is InChI=1S/C19H23N3O3/c23-18(8-9-20-15-16-5-2-1-3-6-16)21-10-12-22(13-11-21)19(24)17-7-4-14-25-17/h1-7,14,20H,8-13,15H2. The van der Waals surface area contributed by atoms with E-state index in [1.165, 1.54) is 11.8 Å². The highest BCUT2D eigenvalue weighted by molar-refractivity contribution is 5.91. The van der Waals surface area contributed by atoms with Gasteiger partial charge in [0.15, 0.2) is 5.76 Å². The topological polar surface area (TPSA) is 65.8 Å². The molecule has 0 radical (unpaired) electrons. The Morgan fingerprint density at radius 1 is 0.960 bits per heavy atom. The van der Waals surface area contributed by atoms with Crippen molar-refractivity contribution in [2.24, 2.45) is 0 Å². The van der Waals surface area contributed by atoms with Gasteiger partial charge in [0, 0.05) is 45.7 Å². The molecule has 1 aromatic carbocycles. The summed E-state index contributed by atoms with van der Waals surface area (Å²) in [6.45, 7) is 3.65. The Bertz CT molecular complexity index is 677. The predicted octanol–water partition coefficient (Wildman–Crippen LogP) is 1.74. The zero-order valence-electron chi connectivity index (χ0n) is 14.2. The van der Waals surface area contributed by atoms with Gasteiger partial charge in [0.1, 0.15) is 0 Å². The van der Waals surface area contributed by atoms with Crippen molar-refractivity contribution < 1.29 is 14.0 Å². The van der Waals surface area contributed by atoms with E-state index in [4.69, 9.17) is 4.42 Å². The van der Waals surface area contributed by atoms with Crippen molar-refractivity contribution in [1.29, 1.82) is 0 Å². The number of furan rings is 1. The molecule has 6 nitrogen and oxygen atoms in total. The van der Waals surface area contributed by atoms with Crippen molar-refractivity contribution in [3.8, 4) is 0 Å². The third-order valence-corrected chi connectivity index (χ3v) is 4.34. The van der Waals surface area contributed by atoms with Gasteiger partial charge < -0.3 is 19.5 Å². The zero-order chi connectivity index (χ0) is 17.5. The Morgan fingerprint density at radius 3 is 2.36 bits per heavy atom. The van der Waals surface area contributed by atoms with Crippen LogP contribution in [-0.4, -0.2) is 54.3 Å². The van der Waals surface area contributed by atoms with Crippen molar-refractivity contribution in [2.45, 2.75) is 13.0 Å². The van der Waals surface area contributed by atoms with Gasteiger partial charge in [0.05, 0.1) is 6.26 Å². The van der Waals surface area contributed by atoms with Crippen LogP contribution in [-0.2, 0) is 11.3 Å². The molecule has 3 rings (SSSR count). The van der Waals surface area contributed by atoms with E-state index >= 15 is 0 Å². The third-order valence-electron chi connectivity index (χ3n) is 4.34. The SMILES string of the molecule is O=C(CCNCc1ccccc1)N1CCN(C(=O)c2ccco2)CC1. The molecule has 2 heterocycles. The highest BCUT2D eigenvalue weighted by Gasteiger charge is 2.25. The summed E-state index contributed by atoms with van der Waals surface area (Å²) in [6, 6.07) is 13.5. The Morgan fingerprint density at radius 2 is 1.68 bits per heavy atom. The lowest BCUT2D eigenvalue weighted by atomic mass is 10.2. The maximum atomic E-state index is 12.3. The maximum Gasteiger partial charge on any atom is 0.289 e. The first kappa shape index (κ1) is 17.2. The molecule has 0 unspecified atom stereocenters. The minimum Gasteiger partial charge on any atom is -0.459 e. The molecule has 0 saturated carbocycles. The smallest absolute Gasteiger partial charge is 0.289 e. The van der Waals surface area contributed by atoms with Gasteiger partial charge in [-0.05, 0) is 17.7 Å². The molecule has 2 aromatic rings. The second-order valence-electron chi connectivity index (χ2n) is 6.06. The van der Waals surface area contributed by atoms with Crippen molar-refractivity contribution in [3.63, 3.8) is 0 Å². The van der Waals surface area contributed by atoms with Gasteiger partial charge in [-0.1, -0.05) is 30.3 Å². The maximum absolute atomic E-state index is 12.3. The third kappa shape index (κ3) is 4.70. The number of nitrogens with zero attached hydrogens (tertiary/aromatic N) is 2. The summed E-state index contributed by atoms with van der Waals surface area (Å²) in [7, 11) is 0.